The van der Waals surface area contributed by atoms with Gasteiger partial charge in [0.05, 0.1) is 10.5 Å². The van der Waals surface area contributed by atoms with Gasteiger partial charge in [-0.15, -0.1) is 0 Å². The lowest BCUT2D eigenvalue weighted by molar-refractivity contribution is -0.385. The van der Waals surface area contributed by atoms with Crippen molar-refractivity contribution in [2.45, 2.75) is 0 Å². The summed E-state index contributed by atoms with van der Waals surface area (Å²) in [6, 6.07) is 15.0. The zero-order chi connectivity index (χ0) is 19.6. The lowest BCUT2D eigenvalue weighted by Crippen LogP contribution is -2.07. The van der Waals surface area contributed by atoms with Gasteiger partial charge in [0.15, 0.2) is 17.8 Å². The van der Waals surface area contributed by atoms with Crippen LogP contribution in [0, 0.1) is 10.1 Å². The molecule has 0 amide bonds. The van der Waals surface area contributed by atoms with Gasteiger partial charge < -0.3 is 10.2 Å². The molecule has 0 aliphatic rings. The number of phenols is 2. The molecule has 0 saturated carbocycles. The largest absolute Gasteiger partial charge is 0.504 e. The van der Waals surface area contributed by atoms with Crippen LogP contribution < -0.4 is 0 Å². The molecule has 3 aromatic rings. The highest BCUT2D eigenvalue weighted by Crippen LogP contribution is 2.46. The van der Waals surface area contributed by atoms with Crippen LogP contribution in [0.15, 0.2) is 60.7 Å². The molecule has 0 atom stereocenters. The molecule has 7 nitrogen and oxygen atoms in total. The van der Waals surface area contributed by atoms with E-state index >= 15 is 0 Å². The van der Waals surface area contributed by atoms with E-state index in [9.17, 15) is 29.9 Å². The first-order chi connectivity index (χ1) is 13.0. The number of rotatable bonds is 5. The van der Waals surface area contributed by atoms with Crippen molar-refractivity contribution in [1.29, 1.82) is 0 Å². The third kappa shape index (κ3) is 3.13. The van der Waals surface area contributed by atoms with E-state index in [1.165, 1.54) is 24.3 Å². The zero-order valence-corrected chi connectivity index (χ0v) is 13.8. The Hall–Kier alpha value is -4.00. The molecule has 0 radical (unpaired) electrons. The number of nitro benzene ring substituents is 1. The lowest BCUT2D eigenvalue weighted by Gasteiger charge is -2.13. The molecule has 7 heteroatoms. The first-order valence-electron chi connectivity index (χ1n) is 7.83. The molecule has 0 heterocycles. The van der Waals surface area contributed by atoms with E-state index in [0.29, 0.717) is 6.29 Å². The summed E-state index contributed by atoms with van der Waals surface area (Å²) in [7, 11) is 0. The van der Waals surface area contributed by atoms with Crippen molar-refractivity contribution in [3.63, 3.8) is 0 Å². The average molecular weight is 363 g/mol. The van der Waals surface area contributed by atoms with Gasteiger partial charge in [0.2, 0.25) is 5.75 Å². The fourth-order valence-corrected chi connectivity index (χ4v) is 2.85. The molecular formula is C20H13NO6. The minimum atomic E-state index is -0.972. The Balaban J connectivity index is 2.42. The van der Waals surface area contributed by atoms with Gasteiger partial charge in [-0.2, -0.15) is 0 Å². The average Bonchev–Trinajstić information content (AvgIpc) is 2.69. The molecule has 0 bridgehead atoms. The van der Waals surface area contributed by atoms with Gasteiger partial charge in [0.25, 0.3) is 0 Å². The van der Waals surface area contributed by atoms with E-state index in [2.05, 4.69) is 0 Å². The molecule has 27 heavy (non-hydrogen) atoms. The highest BCUT2D eigenvalue weighted by molar-refractivity contribution is 6.15. The fourth-order valence-electron chi connectivity index (χ4n) is 2.85. The van der Waals surface area contributed by atoms with Crippen molar-refractivity contribution in [3.05, 3.63) is 87.5 Å². The number of aldehydes is 1. The van der Waals surface area contributed by atoms with E-state index in [0.717, 1.165) is 6.07 Å². The van der Waals surface area contributed by atoms with Crippen LogP contribution in [-0.2, 0) is 0 Å². The second-order valence-corrected chi connectivity index (χ2v) is 5.67. The van der Waals surface area contributed by atoms with E-state index in [1.54, 1.807) is 30.3 Å². The molecule has 2 N–H and O–H groups in total. The van der Waals surface area contributed by atoms with Crippen molar-refractivity contribution in [3.8, 4) is 22.6 Å². The van der Waals surface area contributed by atoms with Gasteiger partial charge in [-0.1, -0.05) is 54.6 Å². The highest BCUT2D eigenvalue weighted by Gasteiger charge is 2.31. The Morgan fingerprint density at radius 1 is 1.00 bits per heavy atom. The van der Waals surface area contributed by atoms with Crippen LogP contribution in [0.2, 0.25) is 0 Å². The predicted octanol–water partition coefficient (Wildman–Crippen LogP) is 3.72. The number of ketones is 1. The molecule has 0 aliphatic heterocycles. The van der Waals surface area contributed by atoms with Crippen molar-refractivity contribution >= 4 is 17.8 Å². The first-order valence-corrected chi connectivity index (χ1v) is 7.83. The number of nitro groups is 1. The molecule has 0 unspecified atom stereocenters. The number of aromatic hydroxyl groups is 2. The molecule has 0 saturated heterocycles. The summed E-state index contributed by atoms with van der Waals surface area (Å²) in [6.45, 7) is 0. The Morgan fingerprint density at radius 3 is 2.26 bits per heavy atom. The topological polar surface area (TPSA) is 118 Å². The van der Waals surface area contributed by atoms with Crippen LogP contribution in [0.4, 0.5) is 5.69 Å². The normalized spacial score (nSPS) is 10.4. The number of nitrogens with zero attached hydrogens (tertiary/aromatic N) is 1. The third-order valence-corrected chi connectivity index (χ3v) is 4.07. The second kappa shape index (κ2) is 7.09. The number of carbonyl (C=O) groups is 2. The molecular weight excluding hydrogens is 350 g/mol. The summed E-state index contributed by atoms with van der Waals surface area (Å²) in [6.07, 6.45) is 0.500. The van der Waals surface area contributed by atoms with Crippen LogP contribution in [-0.4, -0.2) is 27.2 Å². The van der Waals surface area contributed by atoms with E-state index < -0.39 is 27.9 Å². The molecule has 0 aliphatic carbocycles. The van der Waals surface area contributed by atoms with Crippen LogP contribution in [0.5, 0.6) is 11.5 Å². The smallest absolute Gasteiger partial charge is 0.323 e. The molecule has 0 spiro atoms. The molecule has 0 fully saturated rings. The Bertz CT molecular complexity index is 1060. The summed E-state index contributed by atoms with van der Waals surface area (Å²) in [5.74, 6) is -2.36. The van der Waals surface area contributed by atoms with E-state index in [-0.39, 0.29) is 27.8 Å². The van der Waals surface area contributed by atoms with Gasteiger partial charge in [-0.05, 0) is 11.6 Å². The minimum absolute atomic E-state index is 0.104. The molecule has 3 aromatic carbocycles. The first kappa shape index (κ1) is 17.8. The standard InChI is InChI=1S/C20H13NO6/c22-11-13-8-4-5-9-14(13)17-15(19(24)12-6-2-1-3-7-12)10-16(23)20(25)18(17)21(26)27/h1-11,23,25H. The van der Waals surface area contributed by atoms with Crippen LogP contribution in [0.3, 0.4) is 0 Å². The Kier molecular flexibility index (Phi) is 4.68. The van der Waals surface area contributed by atoms with Gasteiger partial charge in [0.1, 0.15) is 0 Å². The lowest BCUT2D eigenvalue weighted by atomic mass is 9.89. The summed E-state index contributed by atoms with van der Waals surface area (Å²) in [5, 5.41) is 31.6. The Morgan fingerprint density at radius 2 is 1.63 bits per heavy atom. The number of benzene rings is 3. The Labute approximate surface area is 153 Å². The second-order valence-electron chi connectivity index (χ2n) is 5.67. The zero-order valence-electron chi connectivity index (χ0n) is 13.8. The van der Waals surface area contributed by atoms with Crippen LogP contribution >= 0.6 is 0 Å². The van der Waals surface area contributed by atoms with Crippen molar-refractivity contribution < 1.29 is 24.7 Å². The van der Waals surface area contributed by atoms with Crippen molar-refractivity contribution in [2.24, 2.45) is 0 Å². The SMILES string of the molecule is O=Cc1ccccc1-c1c(C(=O)c2ccccc2)cc(O)c(O)c1[N+](=O)[O-]. The maximum atomic E-state index is 13.0. The third-order valence-electron chi connectivity index (χ3n) is 4.07. The summed E-state index contributed by atoms with van der Waals surface area (Å²) < 4.78 is 0. The van der Waals surface area contributed by atoms with Gasteiger partial charge in [0, 0.05) is 16.7 Å². The fraction of sp³-hybridized carbons (Fsp3) is 0. The molecule has 134 valence electrons. The van der Waals surface area contributed by atoms with Crippen molar-refractivity contribution in [2.75, 3.05) is 0 Å². The molecule has 3 rings (SSSR count). The summed E-state index contributed by atoms with van der Waals surface area (Å²) >= 11 is 0. The van der Waals surface area contributed by atoms with Gasteiger partial charge in [-0.25, -0.2) is 0 Å². The minimum Gasteiger partial charge on any atom is -0.504 e. The number of phenolic OH excluding ortho intramolecular Hbond substituents is 2. The summed E-state index contributed by atoms with van der Waals surface area (Å²) in [5.41, 5.74) is -0.823. The highest BCUT2D eigenvalue weighted by atomic mass is 16.6. The van der Waals surface area contributed by atoms with E-state index in [1.807, 2.05) is 0 Å². The number of hydrogen-bond acceptors (Lipinski definition) is 6. The van der Waals surface area contributed by atoms with Crippen LogP contribution in [0.1, 0.15) is 26.3 Å². The van der Waals surface area contributed by atoms with Crippen LogP contribution in [0.25, 0.3) is 11.1 Å². The maximum Gasteiger partial charge on any atom is 0.323 e. The number of carbonyl (C=O) groups excluding carboxylic acids is 2. The number of hydrogen-bond donors (Lipinski definition) is 2. The quantitative estimate of drug-likeness (QED) is 0.234. The predicted molar refractivity (Wildman–Crippen MR) is 97.1 cm³/mol. The van der Waals surface area contributed by atoms with Gasteiger partial charge >= 0.3 is 5.69 Å². The summed E-state index contributed by atoms with van der Waals surface area (Å²) in [4.78, 5) is 35.1. The van der Waals surface area contributed by atoms with E-state index in [4.69, 9.17) is 0 Å². The van der Waals surface area contributed by atoms with Gasteiger partial charge in [-0.3, -0.25) is 19.7 Å². The molecule has 0 aromatic heterocycles. The monoisotopic (exact) mass is 363 g/mol. The van der Waals surface area contributed by atoms with Crippen molar-refractivity contribution in [1.82, 2.24) is 0 Å². The maximum absolute atomic E-state index is 13.0.